The van der Waals surface area contributed by atoms with Gasteiger partial charge in [-0.1, -0.05) is 0 Å². The van der Waals surface area contributed by atoms with Crippen LogP contribution in [-0.2, 0) is 4.74 Å². The summed E-state index contributed by atoms with van der Waals surface area (Å²) in [6.45, 7) is 0. The monoisotopic (exact) mass is 139 g/mol. The van der Waals surface area contributed by atoms with Gasteiger partial charge in [0, 0.05) is 0 Å². The molecule has 0 fully saturated rings. The third-order valence-corrected chi connectivity index (χ3v) is 0.175. The van der Waals surface area contributed by atoms with Gasteiger partial charge in [0.1, 0.15) is 0 Å². The van der Waals surface area contributed by atoms with Gasteiger partial charge in [-0.25, -0.2) is 15.5 Å². The van der Waals surface area contributed by atoms with Gasteiger partial charge in [0.05, 0.1) is 0 Å². The third kappa shape index (κ3) is 20.4. The van der Waals surface area contributed by atoms with E-state index < -0.39 is 12.3 Å². The van der Waals surface area contributed by atoms with Crippen molar-refractivity contribution in [3.8, 4) is 0 Å². The van der Waals surface area contributed by atoms with Crippen LogP contribution in [0.2, 0.25) is 0 Å². The highest BCUT2D eigenvalue weighted by Gasteiger charge is 2.01. The Hall–Kier alpha value is -1.34. The van der Waals surface area contributed by atoms with Crippen molar-refractivity contribution in [3.05, 3.63) is 0 Å². The summed E-state index contributed by atoms with van der Waals surface area (Å²) in [5.41, 5.74) is 0. The first-order valence-electron chi connectivity index (χ1n) is 1.52. The summed E-state index contributed by atoms with van der Waals surface area (Å²) in [6.07, 6.45) is -3.62. The van der Waals surface area contributed by atoms with Crippen LogP contribution in [0.3, 0.4) is 0 Å². The lowest BCUT2D eigenvalue weighted by molar-refractivity contribution is 0.0802. The Balaban J connectivity index is 0. The van der Waals surface area contributed by atoms with E-state index in [0.717, 1.165) is 0 Å². The maximum absolute atomic E-state index is 9.21. The Bertz CT molecular complexity index is 87.2. The number of hydrogen-bond acceptors (Lipinski definition) is 5. The molecule has 0 radical (unpaired) electrons. The van der Waals surface area contributed by atoms with E-state index in [1.54, 1.807) is 0 Å². The zero-order chi connectivity index (χ0) is 7.86. The van der Waals surface area contributed by atoms with E-state index in [-0.39, 0.29) is 0 Å². The van der Waals surface area contributed by atoms with Gasteiger partial charge in [-0.3, -0.25) is 0 Å². The first-order chi connectivity index (χ1) is 4.13. The second kappa shape index (κ2) is 6.66. The summed E-state index contributed by atoms with van der Waals surface area (Å²) in [5.74, 6) is 3.50. The maximum Gasteiger partial charge on any atom is 0.516 e. The fraction of sp³-hybridized carbons (Fsp3) is 0. The number of carboxylic acid groups (broad SMARTS) is 2. The molecule has 0 aliphatic heterocycles. The van der Waals surface area contributed by atoms with Crippen LogP contribution in [0.5, 0.6) is 0 Å². The number of nitrogens with two attached hydrogens (primary N) is 1. The Morgan fingerprint density at radius 2 is 1.33 bits per heavy atom. The first-order valence-corrected chi connectivity index (χ1v) is 1.52. The van der Waals surface area contributed by atoms with Crippen molar-refractivity contribution in [2.24, 2.45) is 5.90 Å². The van der Waals surface area contributed by atoms with Crippen LogP contribution in [-0.4, -0.2) is 27.7 Å². The zero-order valence-corrected chi connectivity index (χ0v) is 4.14. The molecule has 0 aromatic heterocycles. The minimum Gasteiger partial charge on any atom is -0.449 e. The van der Waals surface area contributed by atoms with E-state index in [1.807, 2.05) is 0 Å². The predicted molar refractivity (Wildman–Crippen MR) is 23.1 cm³/mol. The smallest absolute Gasteiger partial charge is 0.449 e. The molecule has 0 atom stereocenters. The van der Waals surface area contributed by atoms with Crippen molar-refractivity contribution in [1.29, 1.82) is 0 Å². The molecule has 0 bridgehead atoms. The summed E-state index contributed by atoms with van der Waals surface area (Å²) in [4.78, 5) is 18.4. The molecule has 5 N–H and O–H groups in total. The Kier molecular flexibility index (Phi) is 7.85. The van der Waals surface area contributed by atoms with E-state index in [9.17, 15) is 9.59 Å². The van der Waals surface area contributed by atoms with Crippen LogP contribution in [0, 0.1) is 0 Å². The molecule has 0 rings (SSSR count). The Morgan fingerprint density at radius 3 is 1.33 bits per heavy atom. The Labute approximate surface area is 49.2 Å². The van der Waals surface area contributed by atoms with Crippen LogP contribution in [0.4, 0.5) is 9.59 Å². The standard InChI is InChI=1S/C2H2O5.H3NO/c3-1(4)7-2(5)6;1-2/h(H,3,4)(H,5,6);2H,1H2. The zero-order valence-electron chi connectivity index (χ0n) is 4.14. The highest BCUT2D eigenvalue weighted by molar-refractivity contribution is 5.74. The third-order valence-electron chi connectivity index (χ3n) is 0.175. The van der Waals surface area contributed by atoms with Gasteiger partial charge in [0.25, 0.3) is 0 Å². The van der Waals surface area contributed by atoms with Gasteiger partial charge < -0.3 is 20.2 Å². The summed E-state index contributed by atoms with van der Waals surface area (Å²) < 4.78 is 3.08. The van der Waals surface area contributed by atoms with Crippen LogP contribution in [0.25, 0.3) is 0 Å². The lowest BCUT2D eigenvalue weighted by Crippen LogP contribution is -2.05. The molecule has 0 aliphatic carbocycles. The summed E-state index contributed by atoms with van der Waals surface area (Å²) >= 11 is 0. The topological polar surface area (TPSA) is 130 Å². The fourth-order valence-corrected chi connectivity index (χ4v) is 0.0747. The summed E-state index contributed by atoms with van der Waals surface area (Å²) in [7, 11) is 0. The second-order valence-corrected chi connectivity index (χ2v) is 0.634. The van der Waals surface area contributed by atoms with Crippen LogP contribution < -0.4 is 5.90 Å². The molecule has 0 unspecified atom stereocenters. The average molecular weight is 139 g/mol. The molecule has 0 saturated carbocycles. The molecule has 0 saturated heterocycles. The molecule has 54 valence electrons. The second-order valence-electron chi connectivity index (χ2n) is 0.634. The lowest BCUT2D eigenvalue weighted by Gasteiger charge is -1.84. The molecule has 0 amide bonds. The quantitative estimate of drug-likeness (QED) is 0.206. The van der Waals surface area contributed by atoms with Gasteiger partial charge in [0.2, 0.25) is 0 Å². The van der Waals surface area contributed by atoms with E-state index in [2.05, 4.69) is 10.6 Å². The number of rotatable bonds is 0. The van der Waals surface area contributed by atoms with Gasteiger partial charge in [-0.05, 0) is 0 Å². The molecule has 0 heterocycles. The van der Waals surface area contributed by atoms with E-state index in [1.165, 1.54) is 0 Å². The fourth-order valence-electron chi connectivity index (χ4n) is 0.0747. The number of ether oxygens (including phenoxy) is 1. The van der Waals surface area contributed by atoms with Crippen molar-refractivity contribution >= 4 is 12.3 Å². The van der Waals surface area contributed by atoms with Crippen molar-refractivity contribution < 1.29 is 29.7 Å². The van der Waals surface area contributed by atoms with Crippen molar-refractivity contribution in [1.82, 2.24) is 0 Å². The van der Waals surface area contributed by atoms with Crippen molar-refractivity contribution in [3.63, 3.8) is 0 Å². The van der Waals surface area contributed by atoms with Crippen LogP contribution >= 0.6 is 0 Å². The summed E-state index contributed by atoms with van der Waals surface area (Å²) in [6, 6.07) is 0. The lowest BCUT2D eigenvalue weighted by atomic mass is 11.3. The van der Waals surface area contributed by atoms with Crippen molar-refractivity contribution in [2.45, 2.75) is 0 Å². The molecule has 0 aromatic carbocycles. The van der Waals surface area contributed by atoms with Crippen LogP contribution in [0.1, 0.15) is 0 Å². The highest BCUT2D eigenvalue weighted by atomic mass is 16.7. The SMILES string of the molecule is NO.O=C(O)OC(=O)O. The Morgan fingerprint density at radius 1 is 1.11 bits per heavy atom. The first kappa shape index (κ1) is 10.6. The summed E-state index contributed by atoms with van der Waals surface area (Å²) in [5, 5.41) is 21.5. The average Bonchev–Trinajstić information content (AvgIpc) is 1.68. The van der Waals surface area contributed by atoms with Gasteiger partial charge >= 0.3 is 12.3 Å². The molecule has 0 spiro atoms. The normalized spacial score (nSPS) is 6.44. The molecule has 0 aromatic rings. The largest absolute Gasteiger partial charge is 0.516 e. The number of hydrogen-bond donors (Lipinski definition) is 4. The minimum atomic E-state index is -1.81. The molecule has 9 heavy (non-hydrogen) atoms. The van der Waals surface area contributed by atoms with Crippen molar-refractivity contribution in [2.75, 3.05) is 0 Å². The van der Waals surface area contributed by atoms with Gasteiger partial charge in [-0.2, -0.15) is 0 Å². The predicted octanol–water partition coefficient (Wildman–Crippen LogP) is -0.307. The number of carbonyl (C=O) groups is 2. The maximum atomic E-state index is 9.21. The minimum absolute atomic E-state index is 1.81. The van der Waals surface area contributed by atoms with E-state index in [4.69, 9.17) is 15.4 Å². The van der Waals surface area contributed by atoms with E-state index >= 15 is 0 Å². The molecule has 7 nitrogen and oxygen atoms in total. The molecular weight excluding hydrogens is 134 g/mol. The van der Waals surface area contributed by atoms with Gasteiger partial charge in [0.15, 0.2) is 0 Å². The van der Waals surface area contributed by atoms with Crippen LogP contribution in [0.15, 0.2) is 0 Å². The highest BCUT2D eigenvalue weighted by Crippen LogP contribution is 1.73. The molecule has 7 heteroatoms. The van der Waals surface area contributed by atoms with E-state index in [0.29, 0.717) is 0 Å². The molecular formula is C2H5NO6. The molecule has 0 aliphatic rings. The van der Waals surface area contributed by atoms with Gasteiger partial charge in [-0.15, -0.1) is 0 Å².